The van der Waals surface area contributed by atoms with E-state index in [1.165, 1.54) is 11.1 Å². The summed E-state index contributed by atoms with van der Waals surface area (Å²) in [5, 5.41) is 8.38. The zero-order chi connectivity index (χ0) is 11.3. The summed E-state index contributed by atoms with van der Waals surface area (Å²) < 4.78 is 6.68. The van der Waals surface area contributed by atoms with Crippen molar-refractivity contribution < 1.29 is 4.74 Å². The predicted octanol–water partition coefficient (Wildman–Crippen LogP) is 3.75. The lowest BCUT2D eigenvalue weighted by molar-refractivity contribution is 0.312. The molecule has 0 unspecified atom stereocenters. The lowest BCUT2D eigenvalue weighted by atomic mass is 10.1. The Morgan fingerprint density at radius 1 is 1.33 bits per heavy atom. The Hall–Kier alpha value is -1.01. The zero-order valence-corrected chi connectivity index (χ0v) is 10.6. The van der Waals surface area contributed by atoms with Crippen LogP contribution in [0.3, 0.4) is 0 Å². The van der Waals surface area contributed by atoms with E-state index < -0.39 is 0 Å². The van der Waals surface area contributed by atoms with Gasteiger partial charge in [0.25, 0.3) is 0 Å². The monoisotopic (exact) mass is 267 g/mol. The predicted molar refractivity (Wildman–Crippen MR) is 64.0 cm³/mol. The third kappa shape index (κ3) is 3.56. The number of hydrogen-bond acceptors (Lipinski definition) is 2. The Morgan fingerprint density at radius 3 is 2.47 bits per heavy atom. The van der Waals surface area contributed by atoms with Crippen molar-refractivity contribution in [3.63, 3.8) is 0 Å². The standard InChI is InChI=1S/C12H14BrNO/c1-9-7-11(8-10(2)12(9)13)15-6-4-3-5-14/h7-8H,3-4,6H2,1-2H3. The van der Waals surface area contributed by atoms with E-state index >= 15 is 0 Å². The minimum absolute atomic E-state index is 0.550. The molecule has 0 aromatic heterocycles. The molecule has 0 fully saturated rings. The van der Waals surface area contributed by atoms with Gasteiger partial charge in [-0.2, -0.15) is 5.26 Å². The van der Waals surface area contributed by atoms with E-state index in [1.807, 2.05) is 26.0 Å². The average Bonchev–Trinajstić information content (AvgIpc) is 2.21. The molecule has 15 heavy (non-hydrogen) atoms. The van der Waals surface area contributed by atoms with Gasteiger partial charge in [0.1, 0.15) is 5.75 Å². The second kappa shape index (κ2) is 5.77. The molecule has 0 aliphatic rings. The Morgan fingerprint density at radius 2 is 1.93 bits per heavy atom. The summed E-state index contributed by atoms with van der Waals surface area (Å²) in [7, 11) is 0. The highest BCUT2D eigenvalue weighted by Gasteiger charge is 2.02. The molecule has 2 nitrogen and oxygen atoms in total. The Balaban J connectivity index is 2.59. The van der Waals surface area contributed by atoms with Crippen molar-refractivity contribution in [1.82, 2.24) is 0 Å². The van der Waals surface area contributed by atoms with Crippen LogP contribution in [0.2, 0.25) is 0 Å². The summed E-state index contributed by atoms with van der Waals surface area (Å²) in [5.41, 5.74) is 2.34. The molecule has 0 amide bonds. The second-order valence-electron chi connectivity index (χ2n) is 3.48. The van der Waals surface area contributed by atoms with Crippen LogP contribution in [-0.2, 0) is 0 Å². The summed E-state index contributed by atoms with van der Waals surface area (Å²) in [6, 6.07) is 6.11. The van der Waals surface area contributed by atoms with Gasteiger partial charge in [-0.3, -0.25) is 0 Å². The van der Waals surface area contributed by atoms with Crippen molar-refractivity contribution in [2.45, 2.75) is 26.7 Å². The van der Waals surface area contributed by atoms with Gasteiger partial charge in [-0.1, -0.05) is 15.9 Å². The van der Waals surface area contributed by atoms with E-state index in [9.17, 15) is 0 Å². The Bertz CT molecular complexity index is 359. The fraction of sp³-hybridized carbons (Fsp3) is 0.417. The third-order valence-electron chi connectivity index (χ3n) is 2.11. The number of rotatable bonds is 4. The number of benzene rings is 1. The Labute approximate surface area is 99.0 Å². The van der Waals surface area contributed by atoms with Gasteiger partial charge in [0.05, 0.1) is 12.7 Å². The lowest BCUT2D eigenvalue weighted by Gasteiger charge is -2.09. The normalized spacial score (nSPS) is 9.73. The summed E-state index contributed by atoms with van der Waals surface area (Å²) in [6.45, 7) is 4.69. The van der Waals surface area contributed by atoms with Crippen molar-refractivity contribution in [3.05, 3.63) is 27.7 Å². The number of ether oxygens (including phenoxy) is 1. The number of hydrogen-bond donors (Lipinski definition) is 0. The van der Waals surface area contributed by atoms with E-state index in [0.717, 1.165) is 16.6 Å². The van der Waals surface area contributed by atoms with Crippen LogP contribution in [0.25, 0.3) is 0 Å². The molecule has 0 spiro atoms. The van der Waals surface area contributed by atoms with Gasteiger partial charge in [0.15, 0.2) is 0 Å². The molecule has 1 aromatic rings. The molecular weight excluding hydrogens is 254 g/mol. The molecule has 1 aromatic carbocycles. The van der Waals surface area contributed by atoms with Gasteiger partial charge in [0.2, 0.25) is 0 Å². The topological polar surface area (TPSA) is 33.0 Å². The SMILES string of the molecule is Cc1cc(OCCCC#N)cc(C)c1Br. The summed E-state index contributed by atoms with van der Waals surface area (Å²) in [6.07, 6.45) is 1.33. The number of nitriles is 1. The van der Waals surface area contributed by atoms with Crippen molar-refractivity contribution >= 4 is 15.9 Å². The van der Waals surface area contributed by atoms with Crippen molar-refractivity contribution in [2.24, 2.45) is 0 Å². The first kappa shape index (κ1) is 12.1. The lowest BCUT2D eigenvalue weighted by Crippen LogP contribution is -1.97. The fourth-order valence-electron chi connectivity index (χ4n) is 1.33. The van der Waals surface area contributed by atoms with Crippen molar-refractivity contribution in [3.8, 4) is 11.8 Å². The highest BCUT2D eigenvalue weighted by Crippen LogP contribution is 2.26. The number of halogens is 1. The number of nitrogens with zero attached hydrogens (tertiary/aromatic N) is 1. The first-order valence-corrected chi connectivity index (χ1v) is 5.71. The molecule has 3 heteroatoms. The largest absolute Gasteiger partial charge is 0.494 e. The molecule has 0 aliphatic carbocycles. The van der Waals surface area contributed by atoms with Gasteiger partial charge in [-0.05, 0) is 43.5 Å². The highest BCUT2D eigenvalue weighted by molar-refractivity contribution is 9.10. The summed E-state index contributed by atoms with van der Waals surface area (Å²) in [5.74, 6) is 0.881. The minimum Gasteiger partial charge on any atom is -0.494 e. The molecule has 80 valence electrons. The van der Waals surface area contributed by atoms with E-state index in [4.69, 9.17) is 10.00 Å². The smallest absolute Gasteiger partial charge is 0.119 e. The maximum absolute atomic E-state index is 8.38. The Kier molecular flexibility index (Phi) is 4.64. The molecule has 0 heterocycles. The quantitative estimate of drug-likeness (QED) is 0.779. The molecule has 0 bridgehead atoms. The van der Waals surface area contributed by atoms with Crippen LogP contribution in [0.1, 0.15) is 24.0 Å². The first-order chi connectivity index (χ1) is 7.15. The maximum Gasteiger partial charge on any atom is 0.119 e. The second-order valence-corrected chi connectivity index (χ2v) is 4.27. The molecule has 0 aliphatic heterocycles. The minimum atomic E-state index is 0.550. The first-order valence-electron chi connectivity index (χ1n) is 4.91. The fourth-order valence-corrected chi connectivity index (χ4v) is 1.56. The molecule has 0 saturated heterocycles. The number of aryl methyl sites for hydroxylation is 2. The van der Waals surface area contributed by atoms with Crippen LogP contribution in [0.15, 0.2) is 16.6 Å². The van der Waals surface area contributed by atoms with E-state index in [0.29, 0.717) is 13.0 Å². The molecule has 0 saturated carbocycles. The van der Waals surface area contributed by atoms with Crippen LogP contribution < -0.4 is 4.74 Å². The zero-order valence-electron chi connectivity index (χ0n) is 9.01. The van der Waals surface area contributed by atoms with Crippen molar-refractivity contribution in [2.75, 3.05) is 6.61 Å². The molecule has 0 radical (unpaired) electrons. The summed E-state index contributed by atoms with van der Waals surface area (Å²) in [4.78, 5) is 0. The van der Waals surface area contributed by atoms with Crippen LogP contribution in [0, 0.1) is 25.2 Å². The van der Waals surface area contributed by atoms with E-state index in [1.54, 1.807) is 0 Å². The summed E-state index contributed by atoms with van der Waals surface area (Å²) >= 11 is 3.51. The average molecular weight is 268 g/mol. The molecular formula is C12H14BrNO. The van der Waals surface area contributed by atoms with Gasteiger partial charge in [-0.25, -0.2) is 0 Å². The third-order valence-corrected chi connectivity index (χ3v) is 3.36. The molecule has 1 rings (SSSR count). The van der Waals surface area contributed by atoms with Gasteiger partial charge >= 0.3 is 0 Å². The van der Waals surface area contributed by atoms with Gasteiger partial charge in [0, 0.05) is 10.9 Å². The van der Waals surface area contributed by atoms with Crippen LogP contribution in [0.5, 0.6) is 5.75 Å². The van der Waals surface area contributed by atoms with Gasteiger partial charge < -0.3 is 4.74 Å². The van der Waals surface area contributed by atoms with E-state index in [-0.39, 0.29) is 0 Å². The van der Waals surface area contributed by atoms with E-state index in [2.05, 4.69) is 22.0 Å². The maximum atomic E-state index is 8.38. The molecule has 0 atom stereocenters. The van der Waals surface area contributed by atoms with Gasteiger partial charge in [-0.15, -0.1) is 0 Å². The molecule has 0 N–H and O–H groups in total. The number of unbranched alkanes of at least 4 members (excludes halogenated alkanes) is 1. The van der Waals surface area contributed by atoms with Crippen LogP contribution >= 0.6 is 15.9 Å². The van der Waals surface area contributed by atoms with Crippen LogP contribution in [0.4, 0.5) is 0 Å². The van der Waals surface area contributed by atoms with Crippen molar-refractivity contribution in [1.29, 1.82) is 5.26 Å². The van der Waals surface area contributed by atoms with Crippen LogP contribution in [-0.4, -0.2) is 6.61 Å². The highest BCUT2D eigenvalue weighted by atomic mass is 79.9.